The third kappa shape index (κ3) is 4.37. The van der Waals surface area contributed by atoms with Crippen LogP contribution in [-0.4, -0.2) is 25.7 Å². The lowest BCUT2D eigenvalue weighted by Crippen LogP contribution is -2.38. The van der Waals surface area contributed by atoms with Crippen molar-refractivity contribution in [1.82, 2.24) is 0 Å². The van der Waals surface area contributed by atoms with E-state index in [0.29, 0.717) is 25.7 Å². The highest BCUT2D eigenvalue weighted by Gasteiger charge is 2.35. The summed E-state index contributed by atoms with van der Waals surface area (Å²) >= 11 is 6.49. The molecule has 0 spiro atoms. The number of aliphatic imine (C=N–C) groups is 1. The Hall–Kier alpha value is -2.04. The van der Waals surface area contributed by atoms with E-state index in [2.05, 4.69) is 48.4 Å². The highest BCUT2D eigenvalue weighted by atomic mass is 35.5. The molecule has 5 heteroatoms. The Bertz CT molecular complexity index is 777. The molecular formula is C21H26ClN3O. The van der Waals surface area contributed by atoms with Crippen LogP contribution in [0.15, 0.2) is 47.5 Å². The fourth-order valence-corrected chi connectivity index (χ4v) is 3.97. The fourth-order valence-electron chi connectivity index (χ4n) is 3.64. The van der Waals surface area contributed by atoms with Crippen LogP contribution in [0.25, 0.3) is 0 Å². The Labute approximate surface area is 160 Å². The molecule has 0 radical (unpaired) electrons. The van der Waals surface area contributed by atoms with Crippen LogP contribution in [0.1, 0.15) is 29.5 Å². The van der Waals surface area contributed by atoms with Gasteiger partial charge < -0.3 is 15.8 Å². The molecule has 4 nitrogen and oxygen atoms in total. The minimum Gasteiger partial charge on any atom is -0.381 e. The number of aryl methyl sites for hydroxylation is 2. The van der Waals surface area contributed by atoms with Crippen molar-refractivity contribution in [2.24, 2.45) is 10.7 Å². The molecule has 3 rings (SSSR count). The minimum absolute atomic E-state index is 0.134. The van der Waals surface area contributed by atoms with Crippen molar-refractivity contribution >= 4 is 23.2 Å². The van der Waals surface area contributed by atoms with E-state index in [9.17, 15) is 0 Å². The second-order valence-electron chi connectivity index (χ2n) is 7.08. The molecule has 2 aromatic rings. The van der Waals surface area contributed by atoms with Crippen molar-refractivity contribution in [1.29, 1.82) is 0 Å². The molecule has 0 aliphatic carbocycles. The summed E-state index contributed by atoms with van der Waals surface area (Å²) in [5, 5.41) is 3.99. The lowest BCUT2D eigenvalue weighted by molar-refractivity contribution is 0.0532. The number of ether oxygens (including phenoxy) is 1. The van der Waals surface area contributed by atoms with Crippen LogP contribution in [0.5, 0.6) is 0 Å². The first-order chi connectivity index (χ1) is 12.5. The predicted molar refractivity (Wildman–Crippen MR) is 109 cm³/mol. The van der Waals surface area contributed by atoms with Crippen LogP contribution in [0, 0.1) is 13.8 Å². The van der Waals surface area contributed by atoms with Gasteiger partial charge >= 0.3 is 0 Å². The Morgan fingerprint density at radius 1 is 1.15 bits per heavy atom. The van der Waals surface area contributed by atoms with Gasteiger partial charge in [0.2, 0.25) is 0 Å². The van der Waals surface area contributed by atoms with Crippen molar-refractivity contribution in [3.05, 3.63) is 64.2 Å². The molecule has 2 aromatic carbocycles. The minimum atomic E-state index is -0.134. The summed E-state index contributed by atoms with van der Waals surface area (Å²) in [4.78, 5) is 4.66. The number of hydrogen-bond donors (Lipinski definition) is 2. The monoisotopic (exact) mass is 371 g/mol. The predicted octanol–water partition coefficient (Wildman–Crippen LogP) is 4.43. The van der Waals surface area contributed by atoms with E-state index in [0.717, 1.165) is 29.1 Å². The van der Waals surface area contributed by atoms with Crippen LogP contribution in [0.4, 0.5) is 5.69 Å². The van der Waals surface area contributed by atoms with Gasteiger partial charge in [-0.15, -0.1) is 0 Å². The second-order valence-corrected chi connectivity index (χ2v) is 7.48. The molecule has 3 N–H and O–H groups in total. The van der Waals surface area contributed by atoms with Crippen LogP contribution < -0.4 is 11.1 Å². The van der Waals surface area contributed by atoms with E-state index in [1.54, 1.807) is 0 Å². The van der Waals surface area contributed by atoms with Crippen molar-refractivity contribution in [3.63, 3.8) is 0 Å². The van der Waals surface area contributed by atoms with Gasteiger partial charge in [0.05, 0.1) is 6.54 Å². The largest absolute Gasteiger partial charge is 0.381 e. The molecule has 138 valence electrons. The summed E-state index contributed by atoms with van der Waals surface area (Å²) in [7, 11) is 0. The first-order valence-corrected chi connectivity index (χ1v) is 9.34. The number of halogens is 1. The highest BCUT2D eigenvalue weighted by Crippen LogP contribution is 2.38. The molecule has 0 unspecified atom stereocenters. The maximum absolute atomic E-state index is 6.49. The van der Waals surface area contributed by atoms with E-state index in [-0.39, 0.29) is 5.41 Å². The van der Waals surface area contributed by atoms with Gasteiger partial charge in [-0.3, -0.25) is 4.99 Å². The molecule has 1 heterocycles. The SMILES string of the molecule is Cc1cc(C)cc(NC(N)=NCC2(c3ccccc3Cl)CCOCC2)c1. The Balaban J connectivity index is 1.81. The summed E-state index contributed by atoms with van der Waals surface area (Å²) in [5.74, 6) is 0.424. The van der Waals surface area contributed by atoms with Crippen molar-refractivity contribution in [3.8, 4) is 0 Å². The average molecular weight is 372 g/mol. The van der Waals surface area contributed by atoms with Crippen molar-refractivity contribution in [2.75, 3.05) is 25.1 Å². The summed E-state index contributed by atoms with van der Waals surface area (Å²) in [6, 6.07) is 14.3. The maximum Gasteiger partial charge on any atom is 0.193 e. The topological polar surface area (TPSA) is 59.6 Å². The summed E-state index contributed by atoms with van der Waals surface area (Å²) < 4.78 is 5.58. The standard InChI is InChI=1S/C21H26ClN3O/c1-15-11-16(2)13-17(12-15)25-20(23)24-14-21(7-9-26-10-8-21)18-5-3-4-6-19(18)22/h3-6,11-13H,7-10,14H2,1-2H3,(H3,23,24,25). The van der Waals surface area contributed by atoms with E-state index >= 15 is 0 Å². The zero-order valence-electron chi connectivity index (χ0n) is 15.4. The van der Waals surface area contributed by atoms with Gasteiger partial charge in [-0.1, -0.05) is 35.9 Å². The number of nitrogens with zero attached hydrogens (tertiary/aromatic N) is 1. The van der Waals surface area contributed by atoms with Crippen LogP contribution in [0.3, 0.4) is 0 Å². The zero-order valence-corrected chi connectivity index (χ0v) is 16.1. The first-order valence-electron chi connectivity index (χ1n) is 8.96. The van der Waals surface area contributed by atoms with Crippen molar-refractivity contribution < 1.29 is 4.74 Å². The number of hydrogen-bond acceptors (Lipinski definition) is 2. The van der Waals surface area contributed by atoms with E-state index in [1.165, 1.54) is 11.1 Å². The van der Waals surface area contributed by atoms with E-state index < -0.39 is 0 Å². The normalized spacial score (nSPS) is 17.1. The first kappa shape index (κ1) is 18.7. The average Bonchev–Trinajstić information content (AvgIpc) is 2.60. The molecule has 0 amide bonds. The molecule has 0 aromatic heterocycles. The van der Waals surface area contributed by atoms with Gasteiger partial charge in [-0.25, -0.2) is 0 Å². The van der Waals surface area contributed by atoms with Gasteiger partial charge in [0.1, 0.15) is 0 Å². The molecular weight excluding hydrogens is 346 g/mol. The number of rotatable bonds is 4. The van der Waals surface area contributed by atoms with Crippen LogP contribution in [-0.2, 0) is 10.2 Å². The Morgan fingerprint density at radius 2 is 1.81 bits per heavy atom. The quantitative estimate of drug-likeness (QED) is 0.617. The zero-order chi connectivity index (χ0) is 18.6. The third-order valence-corrected chi connectivity index (χ3v) is 5.27. The third-order valence-electron chi connectivity index (χ3n) is 4.94. The molecule has 0 bridgehead atoms. The van der Waals surface area contributed by atoms with Gasteiger partial charge in [0.15, 0.2) is 5.96 Å². The van der Waals surface area contributed by atoms with Gasteiger partial charge in [-0.2, -0.15) is 0 Å². The van der Waals surface area contributed by atoms with E-state index in [1.807, 2.05) is 18.2 Å². The Morgan fingerprint density at radius 3 is 2.46 bits per heavy atom. The highest BCUT2D eigenvalue weighted by molar-refractivity contribution is 6.31. The lowest BCUT2D eigenvalue weighted by Gasteiger charge is -2.37. The summed E-state index contributed by atoms with van der Waals surface area (Å²) in [6.07, 6.45) is 1.77. The molecule has 1 fully saturated rings. The second kappa shape index (κ2) is 8.11. The smallest absolute Gasteiger partial charge is 0.193 e. The molecule has 1 aliphatic heterocycles. The fraction of sp³-hybridized carbons (Fsp3) is 0.381. The molecule has 0 saturated carbocycles. The number of anilines is 1. The molecule has 1 aliphatic rings. The van der Waals surface area contributed by atoms with Gasteiger partial charge in [0, 0.05) is 29.3 Å². The number of nitrogens with one attached hydrogen (secondary N) is 1. The number of nitrogens with two attached hydrogens (primary N) is 1. The van der Waals surface area contributed by atoms with E-state index in [4.69, 9.17) is 22.1 Å². The van der Waals surface area contributed by atoms with Crippen LogP contribution in [0.2, 0.25) is 5.02 Å². The Kier molecular flexibility index (Phi) is 5.84. The molecule has 26 heavy (non-hydrogen) atoms. The maximum atomic E-state index is 6.49. The number of benzene rings is 2. The lowest BCUT2D eigenvalue weighted by atomic mass is 9.74. The molecule has 0 atom stereocenters. The van der Waals surface area contributed by atoms with Crippen LogP contribution >= 0.6 is 11.6 Å². The summed E-state index contributed by atoms with van der Waals surface area (Å²) in [6.45, 7) is 6.15. The molecule has 1 saturated heterocycles. The summed E-state index contributed by atoms with van der Waals surface area (Å²) in [5.41, 5.74) is 10.5. The number of guanidine groups is 1. The van der Waals surface area contributed by atoms with Gasteiger partial charge in [0.25, 0.3) is 0 Å². The van der Waals surface area contributed by atoms with Gasteiger partial charge in [-0.05, 0) is 61.6 Å². The van der Waals surface area contributed by atoms with Crippen molar-refractivity contribution in [2.45, 2.75) is 32.1 Å².